The molecule has 0 bridgehead atoms. The van der Waals surface area contributed by atoms with Crippen molar-refractivity contribution in [2.24, 2.45) is 11.8 Å². The van der Waals surface area contributed by atoms with Crippen LogP contribution in [0.15, 0.2) is 45.6 Å². The predicted octanol–water partition coefficient (Wildman–Crippen LogP) is 3.38. The molecule has 0 saturated carbocycles. The average Bonchev–Trinajstić information content (AvgIpc) is 3.20. The van der Waals surface area contributed by atoms with Crippen LogP contribution in [0.4, 0.5) is 0 Å². The molecule has 0 radical (unpaired) electrons. The second-order valence-electron chi connectivity index (χ2n) is 7.05. The Morgan fingerprint density at radius 2 is 1.62 bits per heavy atom. The van der Waals surface area contributed by atoms with Crippen molar-refractivity contribution in [1.82, 2.24) is 9.80 Å². The lowest BCUT2D eigenvalue weighted by molar-refractivity contribution is -0.135. The highest BCUT2D eigenvalue weighted by molar-refractivity contribution is 5.78. The van der Waals surface area contributed by atoms with Crippen molar-refractivity contribution < 1.29 is 13.6 Å². The van der Waals surface area contributed by atoms with E-state index < -0.39 is 0 Å². The molecule has 0 N–H and O–H groups in total. The van der Waals surface area contributed by atoms with Crippen LogP contribution in [0.25, 0.3) is 0 Å². The fourth-order valence-corrected chi connectivity index (χ4v) is 3.57. The Labute approximate surface area is 143 Å². The summed E-state index contributed by atoms with van der Waals surface area (Å²) in [6, 6.07) is 7.61. The molecule has 0 aromatic carbocycles. The zero-order valence-electron chi connectivity index (χ0n) is 14.5. The summed E-state index contributed by atoms with van der Waals surface area (Å²) in [5.74, 6) is 3.04. The summed E-state index contributed by atoms with van der Waals surface area (Å²) < 4.78 is 10.9. The van der Waals surface area contributed by atoms with E-state index in [9.17, 15) is 4.79 Å². The molecule has 0 aliphatic carbocycles. The fourth-order valence-electron chi connectivity index (χ4n) is 3.57. The van der Waals surface area contributed by atoms with Gasteiger partial charge in [-0.15, -0.1) is 0 Å². The van der Waals surface area contributed by atoms with Gasteiger partial charge in [0.15, 0.2) is 0 Å². The largest absolute Gasteiger partial charge is 0.468 e. The minimum Gasteiger partial charge on any atom is -0.468 e. The molecular formula is C19H26N2O3. The molecule has 0 spiro atoms. The first-order valence-electron chi connectivity index (χ1n) is 8.65. The van der Waals surface area contributed by atoms with Crippen molar-refractivity contribution >= 4 is 5.91 Å². The summed E-state index contributed by atoms with van der Waals surface area (Å²) in [6.07, 6.45) is 4.53. The summed E-state index contributed by atoms with van der Waals surface area (Å²) in [4.78, 5) is 16.9. The molecular weight excluding hydrogens is 304 g/mol. The number of carbonyl (C=O) groups excluding carboxylic acids is 1. The smallest absolute Gasteiger partial charge is 0.236 e. The Hall–Kier alpha value is -2.01. The van der Waals surface area contributed by atoms with Crippen molar-refractivity contribution in [3.8, 4) is 0 Å². The van der Waals surface area contributed by atoms with Crippen LogP contribution in [-0.4, -0.2) is 35.3 Å². The van der Waals surface area contributed by atoms with Crippen LogP contribution >= 0.6 is 0 Å². The molecule has 2 aromatic heterocycles. The zero-order valence-corrected chi connectivity index (χ0v) is 14.5. The van der Waals surface area contributed by atoms with Crippen LogP contribution in [0.2, 0.25) is 0 Å². The molecule has 130 valence electrons. The Morgan fingerprint density at radius 1 is 1.08 bits per heavy atom. The van der Waals surface area contributed by atoms with Crippen molar-refractivity contribution in [2.75, 3.05) is 19.6 Å². The van der Waals surface area contributed by atoms with Crippen LogP contribution in [0, 0.1) is 11.8 Å². The number of hydrogen-bond acceptors (Lipinski definition) is 4. The van der Waals surface area contributed by atoms with Gasteiger partial charge in [-0.3, -0.25) is 9.69 Å². The molecule has 1 aliphatic heterocycles. The number of hydrogen-bond donors (Lipinski definition) is 0. The lowest BCUT2D eigenvalue weighted by atomic mass is 9.92. The Bertz CT molecular complexity index is 575. The highest BCUT2D eigenvalue weighted by atomic mass is 16.3. The lowest BCUT2D eigenvalue weighted by Crippen LogP contribution is -2.46. The quantitative estimate of drug-likeness (QED) is 0.815. The highest BCUT2D eigenvalue weighted by Gasteiger charge is 2.26. The predicted molar refractivity (Wildman–Crippen MR) is 91.1 cm³/mol. The van der Waals surface area contributed by atoms with Gasteiger partial charge in [-0.05, 0) is 42.5 Å². The standard InChI is InChI=1S/C19H26N2O3/c1-15-9-16(2)11-21(10-15)19(22)14-20(12-17-5-3-7-23-17)13-18-6-4-8-24-18/h3-8,15-16H,9-14H2,1-2H3. The first-order chi connectivity index (χ1) is 11.6. The Balaban J connectivity index is 1.64. The van der Waals surface area contributed by atoms with Gasteiger partial charge in [0.1, 0.15) is 11.5 Å². The van der Waals surface area contributed by atoms with Gasteiger partial charge in [-0.1, -0.05) is 13.8 Å². The molecule has 2 unspecified atom stereocenters. The minimum absolute atomic E-state index is 0.187. The topological polar surface area (TPSA) is 49.8 Å². The van der Waals surface area contributed by atoms with E-state index in [1.807, 2.05) is 29.2 Å². The molecule has 1 amide bonds. The van der Waals surface area contributed by atoms with Gasteiger partial charge in [0, 0.05) is 13.1 Å². The summed E-state index contributed by atoms with van der Waals surface area (Å²) >= 11 is 0. The van der Waals surface area contributed by atoms with Gasteiger partial charge < -0.3 is 13.7 Å². The number of likely N-dealkylation sites (tertiary alicyclic amines) is 1. The molecule has 2 atom stereocenters. The zero-order chi connectivity index (χ0) is 16.9. The lowest BCUT2D eigenvalue weighted by Gasteiger charge is -2.36. The van der Waals surface area contributed by atoms with Gasteiger partial charge in [-0.2, -0.15) is 0 Å². The van der Waals surface area contributed by atoms with Crippen molar-refractivity contribution in [3.05, 3.63) is 48.3 Å². The van der Waals surface area contributed by atoms with Crippen LogP contribution < -0.4 is 0 Å². The number of nitrogens with zero attached hydrogens (tertiary/aromatic N) is 2. The normalized spacial score (nSPS) is 21.4. The van der Waals surface area contributed by atoms with Crippen LogP contribution in [0.1, 0.15) is 31.8 Å². The number of piperidine rings is 1. The molecule has 24 heavy (non-hydrogen) atoms. The Morgan fingerprint density at radius 3 is 2.08 bits per heavy atom. The maximum atomic E-state index is 12.8. The monoisotopic (exact) mass is 330 g/mol. The maximum absolute atomic E-state index is 12.8. The fraction of sp³-hybridized carbons (Fsp3) is 0.526. The summed E-state index contributed by atoms with van der Waals surface area (Å²) in [7, 11) is 0. The molecule has 3 heterocycles. The molecule has 1 aliphatic rings. The van der Waals surface area contributed by atoms with Crippen LogP contribution in [0.3, 0.4) is 0 Å². The minimum atomic E-state index is 0.187. The summed E-state index contributed by atoms with van der Waals surface area (Å²) in [6.45, 7) is 7.73. The molecule has 5 nitrogen and oxygen atoms in total. The van der Waals surface area contributed by atoms with Gasteiger partial charge in [0.2, 0.25) is 5.91 Å². The first-order valence-corrected chi connectivity index (χ1v) is 8.65. The molecule has 3 rings (SSSR count). The van der Waals surface area contributed by atoms with E-state index in [2.05, 4.69) is 18.7 Å². The van der Waals surface area contributed by atoms with Gasteiger partial charge in [-0.25, -0.2) is 0 Å². The third-order valence-electron chi connectivity index (χ3n) is 4.50. The van der Waals surface area contributed by atoms with E-state index in [1.54, 1.807) is 12.5 Å². The summed E-state index contributed by atoms with van der Waals surface area (Å²) in [5, 5.41) is 0. The second kappa shape index (κ2) is 7.71. The van der Waals surface area contributed by atoms with Crippen LogP contribution in [0.5, 0.6) is 0 Å². The van der Waals surface area contributed by atoms with E-state index in [4.69, 9.17) is 8.83 Å². The molecule has 5 heteroatoms. The SMILES string of the molecule is CC1CC(C)CN(C(=O)CN(Cc2ccco2)Cc2ccco2)C1. The van der Waals surface area contributed by atoms with Crippen molar-refractivity contribution in [3.63, 3.8) is 0 Å². The van der Waals surface area contributed by atoms with E-state index >= 15 is 0 Å². The van der Waals surface area contributed by atoms with E-state index in [0.717, 1.165) is 24.6 Å². The summed E-state index contributed by atoms with van der Waals surface area (Å²) in [5.41, 5.74) is 0. The van der Waals surface area contributed by atoms with E-state index in [0.29, 0.717) is 31.5 Å². The van der Waals surface area contributed by atoms with E-state index in [-0.39, 0.29) is 5.91 Å². The number of rotatable bonds is 6. The highest BCUT2D eigenvalue weighted by Crippen LogP contribution is 2.21. The first kappa shape index (κ1) is 16.8. The number of amides is 1. The van der Waals surface area contributed by atoms with Gasteiger partial charge in [0.25, 0.3) is 0 Å². The molecule has 1 fully saturated rings. The Kier molecular flexibility index (Phi) is 5.41. The van der Waals surface area contributed by atoms with E-state index in [1.165, 1.54) is 6.42 Å². The van der Waals surface area contributed by atoms with Gasteiger partial charge >= 0.3 is 0 Å². The average molecular weight is 330 g/mol. The second-order valence-corrected chi connectivity index (χ2v) is 7.05. The third-order valence-corrected chi connectivity index (χ3v) is 4.50. The number of carbonyl (C=O) groups is 1. The van der Waals surface area contributed by atoms with Gasteiger partial charge in [0.05, 0.1) is 32.2 Å². The van der Waals surface area contributed by atoms with Crippen molar-refractivity contribution in [2.45, 2.75) is 33.4 Å². The molecule has 1 saturated heterocycles. The third kappa shape index (κ3) is 4.51. The number of furan rings is 2. The van der Waals surface area contributed by atoms with Crippen molar-refractivity contribution in [1.29, 1.82) is 0 Å². The molecule has 2 aromatic rings. The van der Waals surface area contributed by atoms with Crippen LogP contribution in [-0.2, 0) is 17.9 Å². The maximum Gasteiger partial charge on any atom is 0.236 e.